The minimum absolute atomic E-state index is 0.0700. The van der Waals surface area contributed by atoms with Gasteiger partial charge in [-0.3, -0.25) is 0 Å². The van der Waals surface area contributed by atoms with Crippen LogP contribution in [0.5, 0.6) is 0 Å². The van der Waals surface area contributed by atoms with Gasteiger partial charge in [0.2, 0.25) is 0 Å². The maximum Gasteiger partial charge on any atom is 0.125 e. The maximum atomic E-state index is 11.9. The highest BCUT2D eigenvalue weighted by Crippen LogP contribution is 2.36. The molecule has 0 fully saturated rings. The van der Waals surface area contributed by atoms with Crippen LogP contribution in [0, 0.1) is 0 Å². The lowest BCUT2D eigenvalue weighted by Gasteiger charge is -2.27. The predicted molar refractivity (Wildman–Crippen MR) is 98.5 cm³/mol. The highest BCUT2D eigenvalue weighted by Gasteiger charge is 2.23. The molecule has 0 aliphatic rings. The fourth-order valence-electron chi connectivity index (χ4n) is 2.75. The van der Waals surface area contributed by atoms with Crippen molar-refractivity contribution in [2.75, 3.05) is 0 Å². The van der Waals surface area contributed by atoms with Crippen molar-refractivity contribution < 1.29 is 13.0 Å². The molecule has 0 saturated carbocycles. The SMILES string of the molecule is CCC(C)(C)c1cc(S(=O)(=O)[O-])c2cc(C(C)(C)CC)ccc2c1. The van der Waals surface area contributed by atoms with Crippen LogP contribution in [0.4, 0.5) is 0 Å². The second kappa shape index (κ2) is 6.16. The molecule has 0 aliphatic heterocycles. The average Bonchev–Trinajstić information content (AvgIpc) is 2.52. The summed E-state index contributed by atoms with van der Waals surface area (Å²) in [7, 11) is -4.54. The minimum Gasteiger partial charge on any atom is -0.744 e. The second-order valence-corrected chi connectivity index (χ2v) is 9.19. The quantitative estimate of drug-likeness (QED) is 0.705. The molecular weight excluding hydrogens is 320 g/mol. The Morgan fingerprint density at radius 2 is 1.42 bits per heavy atom. The van der Waals surface area contributed by atoms with Gasteiger partial charge >= 0.3 is 0 Å². The first kappa shape index (κ1) is 18.9. The number of hydrogen-bond acceptors (Lipinski definition) is 3. The van der Waals surface area contributed by atoms with Gasteiger partial charge in [0.15, 0.2) is 0 Å². The lowest BCUT2D eigenvalue weighted by molar-refractivity contribution is 0.462. The molecule has 4 heteroatoms. The first-order valence-corrected chi connectivity index (χ1v) is 9.88. The van der Waals surface area contributed by atoms with Gasteiger partial charge in [-0.05, 0) is 57.7 Å². The van der Waals surface area contributed by atoms with Gasteiger partial charge in [-0.15, -0.1) is 0 Å². The van der Waals surface area contributed by atoms with Crippen LogP contribution < -0.4 is 0 Å². The zero-order chi connectivity index (χ0) is 18.3. The van der Waals surface area contributed by atoms with Gasteiger partial charge in [-0.25, -0.2) is 8.42 Å². The van der Waals surface area contributed by atoms with Crippen LogP contribution >= 0.6 is 0 Å². The Balaban J connectivity index is 2.86. The van der Waals surface area contributed by atoms with Gasteiger partial charge in [0.25, 0.3) is 0 Å². The molecule has 0 bridgehead atoms. The lowest BCUT2D eigenvalue weighted by atomic mass is 9.79. The van der Waals surface area contributed by atoms with E-state index in [9.17, 15) is 13.0 Å². The fraction of sp³-hybridized carbons (Fsp3) is 0.500. The van der Waals surface area contributed by atoms with Crippen molar-refractivity contribution in [2.45, 2.75) is 70.1 Å². The largest absolute Gasteiger partial charge is 0.744 e. The standard InChI is InChI=1S/C20H28O3S/c1-7-19(3,4)15-10-9-14-11-16(20(5,6)8-2)13-18(17(14)12-15)24(21,22)23/h9-13H,7-8H2,1-6H3,(H,21,22,23)/p-1. The summed E-state index contributed by atoms with van der Waals surface area (Å²) in [6.45, 7) is 12.5. The maximum absolute atomic E-state index is 11.9. The van der Waals surface area contributed by atoms with Crippen molar-refractivity contribution in [3.8, 4) is 0 Å². The van der Waals surface area contributed by atoms with E-state index in [1.54, 1.807) is 6.07 Å². The average molecular weight is 348 g/mol. The minimum atomic E-state index is -4.54. The van der Waals surface area contributed by atoms with E-state index in [0.717, 1.165) is 29.4 Å². The molecule has 0 amide bonds. The third-order valence-corrected chi connectivity index (χ3v) is 6.39. The first-order chi connectivity index (χ1) is 10.9. The molecule has 2 aromatic carbocycles. The summed E-state index contributed by atoms with van der Waals surface area (Å²) in [5, 5.41) is 1.33. The van der Waals surface area contributed by atoms with E-state index in [-0.39, 0.29) is 15.7 Å². The number of fused-ring (bicyclic) bond motifs is 1. The van der Waals surface area contributed by atoms with Gasteiger partial charge < -0.3 is 4.55 Å². The summed E-state index contributed by atoms with van der Waals surface area (Å²) >= 11 is 0. The van der Waals surface area contributed by atoms with Crippen molar-refractivity contribution in [1.82, 2.24) is 0 Å². The number of rotatable bonds is 5. The van der Waals surface area contributed by atoms with Crippen molar-refractivity contribution in [2.24, 2.45) is 0 Å². The summed E-state index contributed by atoms with van der Waals surface area (Å²) in [4.78, 5) is -0.106. The van der Waals surface area contributed by atoms with E-state index in [0.29, 0.717) is 5.39 Å². The molecule has 0 unspecified atom stereocenters. The smallest absolute Gasteiger partial charge is 0.125 e. The fourth-order valence-corrected chi connectivity index (χ4v) is 3.47. The van der Waals surface area contributed by atoms with E-state index < -0.39 is 10.1 Å². The molecule has 3 nitrogen and oxygen atoms in total. The molecule has 0 atom stereocenters. The summed E-state index contributed by atoms with van der Waals surface area (Å²) in [6.07, 6.45) is 1.79. The van der Waals surface area contributed by atoms with Crippen molar-refractivity contribution in [3.05, 3.63) is 41.5 Å². The van der Waals surface area contributed by atoms with Crippen LogP contribution in [0.15, 0.2) is 35.2 Å². The van der Waals surface area contributed by atoms with Crippen LogP contribution in [0.25, 0.3) is 10.8 Å². The zero-order valence-electron chi connectivity index (χ0n) is 15.4. The molecule has 2 aromatic rings. The van der Waals surface area contributed by atoms with E-state index in [1.807, 2.05) is 24.3 Å². The molecule has 24 heavy (non-hydrogen) atoms. The van der Waals surface area contributed by atoms with Crippen LogP contribution in [0.2, 0.25) is 0 Å². The molecular formula is C20H27O3S-. The highest BCUT2D eigenvalue weighted by molar-refractivity contribution is 7.86. The number of benzene rings is 2. The molecule has 132 valence electrons. The molecule has 0 saturated heterocycles. The highest BCUT2D eigenvalue weighted by atomic mass is 32.2. The van der Waals surface area contributed by atoms with Crippen LogP contribution in [0.3, 0.4) is 0 Å². The summed E-state index contributed by atoms with van der Waals surface area (Å²) in [6, 6.07) is 9.42. The zero-order valence-corrected chi connectivity index (χ0v) is 16.3. The topological polar surface area (TPSA) is 57.2 Å². The monoisotopic (exact) mass is 347 g/mol. The van der Waals surface area contributed by atoms with E-state index in [2.05, 4.69) is 41.5 Å². The molecule has 0 aromatic heterocycles. The van der Waals surface area contributed by atoms with Gasteiger partial charge in [0.1, 0.15) is 10.1 Å². The normalized spacial score (nSPS) is 13.5. The van der Waals surface area contributed by atoms with E-state index in [4.69, 9.17) is 0 Å². The Kier molecular flexibility index (Phi) is 4.86. The predicted octanol–water partition coefficient (Wildman–Crippen LogP) is 5.12. The Labute approximate surface area is 145 Å². The van der Waals surface area contributed by atoms with Crippen LogP contribution in [0.1, 0.15) is 65.5 Å². The third-order valence-electron chi connectivity index (χ3n) is 5.52. The molecule has 0 aliphatic carbocycles. The molecule has 0 N–H and O–H groups in total. The number of hydrogen-bond donors (Lipinski definition) is 0. The Morgan fingerprint density at radius 3 is 1.92 bits per heavy atom. The Morgan fingerprint density at radius 1 is 0.875 bits per heavy atom. The molecule has 0 radical (unpaired) electrons. The second-order valence-electron chi connectivity index (χ2n) is 7.84. The summed E-state index contributed by atoms with van der Waals surface area (Å²) in [5.41, 5.74) is 1.67. The van der Waals surface area contributed by atoms with Crippen molar-refractivity contribution >= 4 is 20.9 Å². The van der Waals surface area contributed by atoms with E-state index >= 15 is 0 Å². The van der Waals surface area contributed by atoms with Gasteiger partial charge in [-0.1, -0.05) is 59.7 Å². The lowest BCUT2D eigenvalue weighted by Crippen LogP contribution is -2.17. The molecule has 0 spiro atoms. The van der Waals surface area contributed by atoms with Gasteiger partial charge in [-0.2, -0.15) is 0 Å². The van der Waals surface area contributed by atoms with Crippen LogP contribution in [-0.2, 0) is 20.9 Å². The first-order valence-electron chi connectivity index (χ1n) is 8.47. The molecule has 0 heterocycles. The Hall–Kier alpha value is -1.39. The third kappa shape index (κ3) is 3.50. The van der Waals surface area contributed by atoms with Crippen molar-refractivity contribution in [1.29, 1.82) is 0 Å². The molecule has 2 rings (SSSR count). The van der Waals surface area contributed by atoms with Crippen LogP contribution in [-0.4, -0.2) is 13.0 Å². The van der Waals surface area contributed by atoms with E-state index in [1.165, 1.54) is 0 Å². The van der Waals surface area contributed by atoms with Gasteiger partial charge in [0, 0.05) is 0 Å². The van der Waals surface area contributed by atoms with Gasteiger partial charge in [0.05, 0.1) is 4.90 Å². The Bertz CT molecular complexity index is 862. The van der Waals surface area contributed by atoms with Crippen molar-refractivity contribution in [3.63, 3.8) is 0 Å². The summed E-state index contributed by atoms with van der Waals surface area (Å²) in [5.74, 6) is 0. The summed E-state index contributed by atoms with van der Waals surface area (Å²) < 4.78 is 35.7.